The number of fused-ring (bicyclic) bond motifs is 5. The molecular weight excluding hydrogens is 304 g/mol. The highest BCUT2D eigenvalue weighted by Crippen LogP contribution is 2.59. The molecule has 24 heavy (non-hydrogen) atoms. The van der Waals surface area contributed by atoms with E-state index in [4.69, 9.17) is 5.11 Å². The molecular formula is C20H22O4. The summed E-state index contributed by atoms with van der Waals surface area (Å²) in [7, 11) is 0. The Hall–Kier alpha value is -1.97. The van der Waals surface area contributed by atoms with Gasteiger partial charge >= 0.3 is 5.97 Å². The number of carboxylic acid groups (broad SMARTS) is 1. The average Bonchev–Trinajstić information content (AvgIpc) is 2.88. The van der Waals surface area contributed by atoms with Crippen molar-refractivity contribution in [3.8, 4) is 0 Å². The molecule has 0 spiro atoms. The summed E-state index contributed by atoms with van der Waals surface area (Å²) in [5.41, 5.74) is 2.54. The van der Waals surface area contributed by atoms with Gasteiger partial charge in [0.15, 0.2) is 0 Å². The number of Topliss-reactive ketones (excluding diaryl/α,β-unsaturated/α-hetero) is 2. The van der Waals surface area contributed by atoms with Crippen LogP contribution in [0, 0.1) is 17.3 Å². The molecule has 3 aliphatic rings. The lowest BCUT2D eigenvalue weighted by Gasteiger charge is -2.48. The molecule has 1 N–H and O–H groups in total. The molecule has 4 atom stereocenters. The zero-order valence-electron chi connectivity index (χ0n) is 13.9. The van der Waals surface area contributed by atoms with E-state index in [1.165, 1.54) is 5.56 Å². The van der Waals surface area contributed by atoms with E-state index in [0.717, 1.165) is 44.1 Å². The Morgan fingerprint density at radius 2 is 1.96 bits per heavy atom. The van der Waals surface area contributed by atoms with Crippen molar-refractivity contribution in [3.05, 3.63) is 34.9 Å². The number of hydrogen-bond donors (Lipinski definition) is 1. The second-order valence-corrected chi connectivity index (χ2v) is 7.88. The standard InChI is InChI=1S/C20H22O4/c1-20-9-8-14-13-4-3-12(18(22)19(23)24)10-11(13)2-5-15(14)16(20)6-7-17(20)21/h3-4,10,14-16H,2,5-9H2,1H3,(H,23,24)/t14-,15-,16+,20+/m1/s1. The third kappa shape index (κ3) is 2.08. The molecule has 4 nitrogen and oxygen atoms in total. The van der Waals surface area contributed by atoms with Gasteiger partial charge in [0.25, 0.3) is 5.78 Å². The zero-order chi connectivity index (χ0) is 17.1. The van der Waals surface area contributed by atoms with E-state index in [1.54, 1.807) is 12.1 Å². The third-order valence-corrected chi connectivity index (χ3v) is 6.89. The molecule has 0 amide bonds. The minimum absolute atomic E-state index is 0.127. The van der Waals surface area contributed by atoms with Crippen LogP contribution in [0.25, 0.3) is 0 Å². The van der Waals surface area contributed by atoms with Crippen molar-refractivity contribution in [2.75, 3.05) is 0 Å². The van der Waals surface area contributed by atoms with E-state index < -0.39 is 11.8 Å². The van der Waals surface area contributed by atoms with Crippen LogP contribution in [0.3, 0.4) is 0 Å². The van der Waals surface area contributed by atoms with E-state index in [0.29, 0.717) is 23.5 Å². The number of benzene rings is 1. The van der Waals surface area contributed by atoms with Gasteiger partial charge in [-0.2, -0.15) is 0 Å². The maximum Gasteiger partial charge on any atom is 0.377 e. The second kappa shape index (κ2) is 5.27. The molecule has 1 aromatic carbocycles. The number of ketones is 2. The first-order valence-electron chi connectivity index (χ1n) is 8.85. The number of hydrogen-bond acceptors (Lipinski definition) is 3. The molecule has 1 aromatic rings. The molecule has 2 fully saturated rings. The van der Waals surface area contributed by atoms with Gasteiger partial charge in [0, 0.05) is 17.4 Å². The zero-order valence-corrected chi connectivity index (χ0v) is 13.9. The molecule has 126 valence electrons. The summed E-state index contributed by atoms with van der Waals surface area (Å²) >= 11 is 0. The summed E-state index contributed by atoms with van der Waals surface area (Å²) in [6, 6.07) is 5.39. The number of carbonyl (C=O) groups is 3. The van der Waals surface area contributed by atoms with E-state index in [2.05, 4.69) is 6.92 Å². The first-order valence-corrected chi connectivity index (χ1v) is 8.85. The largest absolute Gasteiger partial charge is 0.475 e. The van der Waals surface area contributed by atoms with Gasteiger partial charge in [-0.15, -0.1) is 0 Å². The SMILES string of the molecule is C[C@]12CC[C@@H]3c4ccc(C(=O)C(=O)O)cc4CC[C@H]3[C@@H]1CCC2=O. The van der Waals surface area contributed by atoms with E-state index in [1.807, 2.05) is 6.07 Å². The molecule has 0 radical (unpaired) electrons. The fraction of sp³-hybridized carbons (Fsp3) is 0.550. The molecule has 0 aromatic heterocycles. The van der Waals surface area contributed by atoms with Gasteiger partial charge in [-0.1, -0.05) is 19.1 Å². The molecule has 0 aliphatic heterocycles. The lowest BCUT2D eigenvalue weighted by atomic mass is 9.55. The van der Waals surface area contributed by atoms with Crippen LogP contribution in [0.2, 0.25) is 0 Å². The highest BCUT2D eigenvalue weighted by atomic mass is 16.4. The van der Waals surface area contributed by atoms with Gasteiger partial charge in [0.2, 0.25) is 0 Å². The monoisotopic (exact) mass is 326 g/mol. The highest BCUT2D eigenvalue weighted by molar-refractivity contribution is 6.39. The second-order valence-electron chi connectivity index (χ2n) is 7.88. The molecule has 0 unspecified atom stereocenters. The van der Waals surface area contributed by atoms with Crippen LogP contribution in [0.15, 0.2) is 18.2 Å². The topological polar surface area (TPSA) is 71.4 Å². The minimum atomic E-state index is -1.40. The van der Waals surface area contributed by atoms with E-state index in [9.17, 15) is 14.4 Å². The van der Waals surface area contributed by atoms with Crippen molar-refractivity contribution in [1.82, 2.24) is 0 Å². The van der Waals surface area contributed by atoms with Crippen LogP contribution < -0.4 is 0 Å². The van der Waals surface area contributed by atoms with Crippen LogP contribution in [0.4, 0.5) is 0 Å². The van der Waals surface area contributed by atoms with E-state index >= 15 is 0 Å². The average molecular weight is 326 g/mol. The van der Waals surface area contributed by atoms with Crippen LogP contribution in [-0.2, 0) is 16.0 Å². The first-order chi connectivity index (χ1) is 11.4. The Kier molecular flexibility index (Phi) is 3.41. The van der Waals surface area contributed by atoms with Crippen LogP contribution in [0.5, 0.6) is 0 Å². The quantitative estimate of drug-likeness (QED) is 0.668. The van der Waals surface area contributed by atoms with Gasteiger partial charge in [0.05, 0.1) is 0 Å². The number of aryl methyl sites for hydroxylation is 1. The van der Waals surface area contributed by atoms with Crippen LogP contribution in [-0.4, -0.2) is 22.6 Å². The van der Waals surface area contributed by atoms with Crippen LogP contribution in [0.1, 0.15) is 66.4 Å². The summed E-state index contributed by atoms with van der Waals surface area (Å²) in [6.45, 7) is 2.16. The smallest absolute Gasteiger partial charge is 0.377 e. The van der Waals surface area contributed by atoms with Crippen molar-refractivity contribution in [3.63, 3.8) is 0 Å². The Bertz CT molecular complexity index is 750. The van der Waals surface area contributed by atoms with Gasteiger partial charge in [0.1, 0.15) is 5.78 Å². The van der Waals surface area contributed by atoms with Crippen LogP contribution >= 0.6 is 0 Å². The number of aliphatic carboxylic acids is 1. The van der Waals surface area contributed by atoms with Crippen molar-refractivity contribution in [2.45, 2.75) is 51.4 Å². The summed E-state index contributed by atoms with van der Waals surface area (Å²) in [5, 5.41) is 8.90. The molecule has 2 saturated carbocycles. The summed E-state index contributed by atoms with van der Waals surface area (Å²) in [4.78, 5) is 35.0. The molecule has 4 heteroatoms. The van der Waals surface area contributed by atoms with Crippen molar-refractivity contribution in [1.29, 1.82) is 0 Å². The summed E-state index contributed by atoms with van der Waals surface area (Å²) < 4.78 is 0. The Morgan fingerprint density at radius 1 is 1.17 bits per heavy atom. The first kappa shape index (κ1) is 15.6. The van der Waals surface area contributed by atoms with Crippen molar-refractivity contribution in [2.24, 2.45) is 17.3 Å². The third-order valence-electron chi connectivity index (χ3n) is 6.89. The fourth-order valence-electron chi connectivity index (χ4n) is 5.62. The van der Waals surface area contributed by atoms with Crippen molar-refractivity contribution >= 4 is 17.5 Å². The Morgan fingerprint density at radius 3 is 2.71 bits per heavy atom. The Balaban J connectivity index is 1.67. The van der Waals surface area contributed by atoms with Gasteiger partial charge in [-0.3, -0.25) is 9.59 Å². The lowest BCUT2D eigenvalue weighted by Crippen LogP contribution is -2.42. The van der Waals surface area contributed by atoms with Gasteiger partial charge in [-0.25, -0.2) is 4.79 Å². The number of carbonyl (C=O) groups excluding carboxylic acids is 2. The van der Waals surface area contributed by atoms with Gasteiger partial charge in [-0.05, 0) is 67.1 Å². The number of carboxylic acids is 1. The molecule has 0 heterocycles. The molecule has 0 saturated heterocycles. The van der Waals surface area contributed by atoms with Crippen molar-refractivity contribution < 1.29 is 19.5 Å². The lowest BCUT2D eigenvalue weighted by molar-refractivity contribution is -0.132. The Labute approximate surface area is 141 Å². The maximum atomic E-state index is 12.3. The van der Waals surface area contributed by atoms with Gasteiger partial charge < -0.3 is 5.11 Å². The highest BCUT2D eigenvalue weighted by Gasteiger charge is 2.54. The predicted molar refractivity (Wildman–Crippen MR) is 88.0 cm³/mol. The maximum absolute atomic E-state index is 12.3. The predicted octanol–water partition coefficient (Wildman–Crippen LogP) is 3.38. The van der Waals surface area contributed by atoms with E-state index in [-0.39, 0.29) is 11.0 Å². The fourth-order valence-corrected chi connectivity index (χ4v) is 5.62. The number of rotatable bonds is 2. The molecule has 3 aliphatic carbocycles. The molecule has 4 rings (SSSR count). The normalized spacial score (nSPS) is 34.2. The summed E-state index contributed by atoms with van der Waals surface area (Å²) in [6.07, 6.45) is 5.62. The molecule has 0 bridgehead atoms. The minimum Gasteiger partial charge on any atom is -0.475 e. The summed E-state index contributed by atoms with van der Waals surface area (Å²) in [5.74, 6) is -0.314.